The summed E-state index contributed by atoms with van der Waals surface area (Å²) in [5.74, 6) is 4.44. The number of hydrogen-bond donors (Lipinski definition) is 2. The highest BCUT2D eigenvalue weighted by Gasteiger charge is 2.89. The molecule has 0 radical (unpaired) electrons. The van der Waals surface area contributed by atoms with Crippen molar-refractivity contribution in [3.8, 4) is 0 Å². The molecule has 0 amide bonds. The van der Waals surface area contributed by atoms with Gasteiger partial charge in [0.25, 0.3) is 0 Å². The highest BCUT2D eigenvalue weighted by atomic mass is 32.2. The van der Waals surface area contributed by atoms with Gasteiger partial charge in [0.05, 0.1) is 15.1 Å². The normalized spacial score (nSPS) is 67.4. The standard InChI is InChI=1S/C25H30O4S3/c26-18(27)21-5-13-2-15-16(6-20(15,21)9-21)25(13)31-8-14(32-25)7-30-19(28)22-3-12-1-17-23(22,10-22)11-24(17,29)4-12/h12-17,29H,1-11H2,(H,26,27). The van der Waals surface area contributed by atoms with Crippen molar-refractivity contribution in [3.63, 3.8) is 0 Å². The number of carbonyl (C=O) groups excluding carboxylic acids is 1. The highest BCUT2D eigenvalue weighted by Crippen LogP contribution is 2.92. The number of fused-ring (bicyclic) bond motifs is 4. The van der Waals surface area contributed by atoms with Crippen LogP contribution in [0.1, 0.15) is 57.8 Å². The van der Waals surface area contributed by atoms with Crippen LogP contribution in [0.15, 0.2) is 0 Å². The van der Waals surface area contributed by atoms with Gasteiger partial charge >= 0.3 is 5.97 Å². The molecule has 2 N–H and O–H groups in total. The maximum atomic E-state index is 13.5. The summed E-state index contributed by atoms with van der Waals surface area (Å²) in [5.41, 5.74) is -0.562. The van der Waals surface area contributed by atoms with Crippen LogP contribution in [0.4, 0.5) is 0 Å². The van der Waals surface area contributed by atoms with Crippen molar-refractivity contribution in [2.45, 2.75) is 72.7 Å². The van der Waals surface area contributed by atoms with Crippen LogP contribution in [0.5, 0.6) is 0 Å². The average Bonchev–Trinajstić information content (AvgIpc) is 3.51. The maximum absolute atomic E-state index is 13.5. The molecule has 7 heteroatoms. The van der Waals surface area contributed by atoms with Gasteiger partial charge in [-0.3, -0.25) is 9.59 Å². The summed E-state index contributed by atoms with van der Waals surface area (Å²) in [7, 11) is 0. The molecule has 1 heterocycles. The molecular weight excluding hydrogens is 460 g/mol. The first-order chi connectivity index (χ1) is 15.2. The van der Waals surface area contributed by atoms with Crippen molar-refractivity contribution in [1.29, 1.82) is 0 Å². The van der Waals surface area contributed by atoms with E-state index in [4.69, 9.17) is 0 Å². The third kappa shape index (κ3) is 1.72. The Morgan fingerprint density at radius 1 is 0.969 bits per heavy atom. The molecule has 172 valence electrons. The number of carboxylic acids is 1. The van der Waals surface area contributed by atoms with Crippen molar-refractivity contribution >= 4 is 46.4 Å². The topological polar surface area (TPSA) is 74.6 Å². The lowest BCUT2D eigenvalue weighted by Crippen LogP contribution is -2.54. The highest BCUT2D eigenvalue weighted by molar-refractivity contribution is 8.22. The van der Waals surface area contributed by atoms with Crippen molar-refractivity contribution in [2.24, 2.45) is 51.2 Å². The number of aliphatic hydroxyl groups is 1. The SMILES string of the molecule is O=C(O)C12CC3CC4C(CC41C2)C31SCC(CSC(=O)C23CC4CC5C(O)(C4)CC52C3)S1. The van der Waals surface area contributed by atoms with Crippen molar-refractivity contribution in [1.82, 2.24) is 0 Å². The van der Waals surface area contributed by atoms with Crippen LogP contribution in [0.2, 0.25) is 0 Å². The molecule has 32 heavy (non-hydrogen) atoms. The van der Waals surface area contributed by atoms with Gasteiger partial charge in [-0.15, -0.1) is 23.5 Å². The first-order valence-electron chi connectivity index (χ1n) is 12.7. The second-order valence-corrected chi connectivity index (χ2v) is 17.5. The molecule has 3 spiro atoms. The molecule has 9 rings (SSSR count). The van der Waals surface area contributed by atoms with Crippen LogP contribution in [0.3, 0.4) is 0 Å². The van der Waals surface area contributed by atoms with Crippen LogP contribution in [0, 0.1) is 51.2 Å². The Kier molecular flexibility index (Phi) is 3.11. The Morgan fingerprint density at radius 3 is 2.66 bits per heavy atom. The molecule has 12 unspecified atom stereocenters. The van der Waals surface area contributed by atoms with E-state index in [9.17, 15) is 19.8 Å². The fourth-order valence-corrected chi connectivity index (χ4v) is 17.4. The third-order valence-electron chi connectivity index (χ3n) is 12.7. The molecule has 0 aromatic heterocycles. The number of hydrogen-bond acceptors (Lipinski definition) is 6. The fourth-order valence-electron chi connectivity index (χ4n) is 11.6. The molecule has 0 aromatic rings. The third-order valence-corrected chi connectivity index (χ3v) is 18.3. The lowest BCUT2D eigenvalue weighted by Gasteiger charge is -2.51. The quantitative estimate of drug-likeness (QED) is 0.610. The predicted molar refractivity (Wildman–Crippen MR) is 125 cm³/mol. The van der Waals surface area contributed by atoms with E-state index in [0.717, 1.165) is 62.9 Å². The lowest BCUT2D eigenvalue weighted by molar-refractivity contribution is -0.150. The second kappa shape index (κ2) is 5.15. The van der Waals surface area contributed by atoms with Gasteiger partial charge in [-0.1, -0.05) is 11.8 Å². The Balaban J connectivity index is 0.905. The Hall–Kier alpha value is 0.150. The van der Waals surface area contributed by atoms with E-state index in [0.29, 0.717) is 40.0 Å². The Bertz CT molecular complexity index is 1030. The van der Waals surface area contributed by atoms with Crippen LogP contribution in [-0.2, 0) is 9.59 Å². The van der Waals surface area contributed by atoms with Gasteiger partial charge in [0.2, 0.25) is 0 Å². The monoisotopic (exact) mass is 490 g/mol. The molecule has 1 aliphatic heterocycles. The van der Waals surface area contributed by atoms with E-state index >= 15 is 0 Å². The smallest absolute Gasteiger partial charge is 0.310 e. The number of aliphatic carboxylic acids is 1. The number of carbonyl (C=O) groups is 2. The van der Waals surface area contributed by atoms with Crippen LogP contribution >= 0.6 is 35.3 Å². The van der Waals surface area contributed by atoms with Gasteiger partial charge in [-0.2, -0.15) is 0 Å². The molecule has 9 fully saturated rings. The first kappa shape index (κ1) is 19.4. The number of carboxylic acid groups (broad SMARTS) is 1. The summed E-state index contributed by atoms with van der Waals surface area (Å²) in [4.78, 5) is 25.6. The second-order valence-electron chi connectivity index (χ2n) is 13.4. The summed E-state index contributed by atoms with van der Waals surface area (Å²) >= 11 is 5.91. The minimum absolute atomic E-state index is 0.0957. The van der Waals surface area contributed by atoms with Gasteiger partial charge in [-0.05, 0) is 98.2 Å². The van der Waals surface area contributed by atoms with Crippen molar-refractivity contribution < 1.29 is 19.8 Å². The van der Waals surface area contributed by atoms with Crippen LogP contribution in [-0.4, -0.2) is 47.7 Å². The molecule has 4 bridgehead atoms. The zero-order valence-corrected chi connectivity index (χ0v) is 20.6. The molecule has 8 aliphatic carbocycles. The molecule has 1 saturated heterocycles. The minimum Gasteiger partial charge on any atom is -0.481 e. The molecule has 12 atom stereocenters. The van der Waals surface area contributed by atoms with E-state index in [1.165, 1.54) is 6.42 Å². The van der Waals surface area contributed by atoms with E-state index < -0.39 is 11.6 Å². The average molecular weight is 491 g/mol. The molecule has 9 aliphatic rings. The molecular formula is C25H30O4S3. The largest absolute Gasteiger partial charge is 0.481 e. The Labute approximate surface area is 201 Å². The van der Waals surface area contributed by atoms with Crippen LogP contribution in [0.25, 0.3) is 0 Å². The van der Waals surface area contributed by atoms with Gasteiger partial charge in [0.15, 0.2) is 5.12 Å². The lowest BCUT2D eigenvalue weighted by atomic mass is 9.56. The fraction of sp³-hybridized carbons (Fsp3) is 0.920. The zero-order chi connectivity index (χ0) is 21.5. The van der Waals surface area contributed by atoms with E-state index in [1.54, 1.807) is 11.8 Å². The van der Waals surface area contributed by atoms with Gasteiger partial charge in [-0.25, -0.2) is 0 Å². The minimum atomic E-state index is -0.518. The van der Waals surface area contributed by atoms with Crippen molar-refractivity contribution in [3.05, 3.63) is 0 Å². The summed E-state index contributed by atoms with van der Waals surface area (Å²) in [5, 5.41) is 21.8. The van der Waals surface area contributed by atoms with E-state index in [1.807, 2.05) is 0 Å². The van der Waals surface area contributed by atoms with Gasteiger partial charge in [0.1, 0.15) is 0 Å². The van der Waals surface area contributed by atoms with Crippen LogP contribution < -0.4 is 0 Å². The molecule has 0 aromatic carbocycles. The van der Waals surface area contributed by atoms with Gasteiger partial charge < -0.3 is 10.2 Å². The predicted octanol–water partition coefficient (Wildman–Crippen LogP) is 4.25. The maximum Gasteiger partial charge on any atom is 0.310 e. The summed E-state index contributed by atoms with van der Waals surface area (Å²) in [6.45, 7) is 0. The number of rotatable bonds is 4. The zero-order valence-electron chi connectivity index (χ0n) is 18.2. The Morgan fingerprint density at radius 2 is 1.81 bits per heavy atom. The summed E-state index contributed by atoms with van der Waals surface area (Å²) in [6, 6.07) is 0. The summed E-state index contributed by atoms with van der Waals surface area (Å²) in [6.07, 6.45) is 9.36. The van der Waals surface area contributed by atoms with Gasteiger partial charge in [0, 0.05) is 22.2 Å². The first-order valence-corrected chi connectivity index (χ1v) is 15.5. The molecule has 4 nitrogen and oxygen atoms in total. The number of thioether (sulfide) groups is 3. The summed E-state index contributed by atoms with van der Waals surface area (Å²) < 4.78 is 0.244. The molecule has 8 saturated carbocycles. The van der Waals surface area contributed by atoms with E-state index in [-0.39, 0.29) is 25.7 Å². The van der Waals surface area contributed by atoms with E-state index in [2.05, 4.69) is 23.5 Å². The van der Waals surface area contributed by atoms with Crippen molar-refractivity contribution in [2.75, 3.05) is 11.5 Å².